The number of benzene rings is 1. The maximum Gasteiger partial charge on any atom is 0.225 e. The molecule has 0 aliphatic carbocycles. The van der Waals surface area contributed by atoms with E-state index in [0.29, 0.717) is 19.8 Å². The van der Waals surface area contributed by atoms with Crippen LogP contribution in [0.1, 0.15) is 27.7 Å². The van der Waals surface area contributed by atoms with Crippen molar-refractivity contribution in [2.24, 2.45) is 5.41 Å². The van der Waals surface area contributed by atoms with Crippen LogP contribution >= 0.6 is 0 Å². The van der Waals surface area contributed by atoms with Gasteiger partial charge in [-0.05, 0) is 19.1 Å². The van der Waals surface area contributed by atoms with Gasteiger partial charge in [-0.3, -0.25) is 4.79 Å². The predicted molar refractivity (Wildman–Crippen MR) is 75.6 cm³/mol. The molecule has 4 nitrogen and oxygen atoms in total. The first-order valence-corrected chi connectivity index (χ1v) is 6.57. The number of carbonyl (C=O) groups excluding carboxylic acids is 1. The largest absolute Gasteiger partial charge is 0.494 e. The third-order valence-corrected chi connectivity index (χ3v) is 2.45. The maximum absolute atomic E-state index is 11.6. The van der Waals surface area contributed by atoms with E-state index in [9.17, 15) is 4.79 Å². The van der Waals surface area contributed by atoms with E-state index >= 15 is 0 Å². The normalized spacial score (nSPS) is 10.9. The van der Waals surface area contributed by atoms with Gasteiger partial charge in [-0.1, -0.05) is 26.8 Å². The molecule has 1 aromatic rings. The fraction of sp³-hybridized carbons (Fsp3) is 0.533. The van der Waals surface area contributed by atoms with Gasteiger partial charge in [0.2, 0.25) is 5.91 Å². The summed E-state index contributed by atoms with van der Waals surface area (Å²) in [5.74, 6) is 1.56. The molecular weight excluding hydrogens is 242 g/mol. The minimum absolute atomic E-state index is 0.0270. The molecule has 106 valence electrons. The summed E-state index contributed by atoms with van der Waals surface area (Å²) in [6.07, 6.45) is 0. The van der Waals surface area contributed by atoms with Crippen LogP contribution < -0.4 is 14.8 Å². The summed E-state index contributed by atoms with van der Waals surface area (Å²) < 4.78 is 10.9. The Labute approximate surface area is 115 Å². The van der Waals surface area contributed by atoms with Crippen molar-refractivity contribution in [2.45, 2.75) is 27.7 Å². The van der Waals surface area contributed by atoms with E-state index in [2.05, 4.69) is 5.32 Å². The number of carbonyl (C=O) groups is 1. The summed E-state index contributed by atoms with van der Waals surface area (Å²) >= 11 is 0. The zero-order valence-corrected chi connectivity index (χ0v) is 12.2. The SMILES string of the molecule is CCOc1cccc(OCCNC(=O)C(C)(C)C)c1. The topological polar surface area (TPSA) is 47.6 Å². The first-order chi connectivity index (χ1) is 8.93. The lowest BCUT2D eigenvalue weighted by molar-refractivity contribution is -0.128. The fourth-order valence-electron chi connectivity index (χ4n) is 1.42. The highest BCUT2D eigenvalue weighted by Gasteiger charge is 2.20. The summed E-state index contributed by atoms with van der Waals surface area (Å²) in [6.45, 7) is 9.16. The van der Waals surface area contributed by atoms with Gasteiger partial charge in [0.25, 0.3) is 0 Å². The van der Waals surface area contributed by atoms with Crippen molar-refractivity contribution in [3.05, 3.63) is 24.3 Å². The van der Waals surface area contributed by atoms with Crippen LogP contribution in [0, 0.1) is 5.41 Å². The Kier molecular flexibility index (Phi) is 5.67. The third-order valence-electron chi connectivity index (χ3n) is 2.45. The molecule has 0 fully saturated rings. The van der Waals surface area contributed by atoms with Crippen LogP contribution in [0.3, 0.4) is 0 Å². The van der Waals surface area contributed by atoms with Crippen LogP contribution in [-0.2, 0) is 4.79 Å². The molecule has 0 saturated carbocycles. The second-order valence-corrected chi connectivity index (χ2v) is 5.26. The van der Waals surface area contributed by atoms with Gasteiger partial charge in [0.1, 0.15) is 18.1 Å². The summed E-state index contributed by atoms with van der Waals surface area (Å²) in [4.78, 5) is 11.6. The monoisotopic (exact) mass is 265 g/mol. The van der Waals surface area contributed by atoms with Crippen LogP contribution in [0.2, 0.25) is 0 Å². The second kappa shape index (κ2) is 7.02. The maximum atomic E-state index is 11.6. The predicted octanol–water partition coefficient (Wildman–Crippen LogP) is 2.63. The number of ether oxygens (including phenoxy) is 2. The Morgan fingerprint density at radius 1 is 1.21 bits per heavy atom. The zero-order valence-electron chi connectivity index (χ0n) is 12.2. The quantitative estimate of drug-likeness (QED) is 0.804. The highest BCUT2D eigenvalue weighted by atomic mass is 16.5. The van der Waals surface area contributed by atoms with Crippen molar-refractivity contribution < 1.29 is 14.3 Å². The summed E-state index contributed by atoms with van der Waals surface area (Å²) in [7, 11) is 0. The molecule has 0 bridgehead atoms. The van der Waals surface area contributed by atoms with E-state index in [1.165, 1.54) is 0 Å². The van der Waals surface area contributed by atoms with Gasteiger partial charge in [-0.25, -0.2) is 0 Å². The van der Waals surface area contributed by atoms with E-state index in [1.54, 1.807) is 0 Å². The Morgan fingerprint density at radius 3 is 2.42 bits per heavy atom. The lowest BCUT2D eigenvalue weighted by Crippen LogP contribution is -2.37. The van der Waals surface area contributed by atoms with Crippen LogP contribution in [-0.4, -0.2) is 25.7 Å². The molecule has 1 amide bonds. The molecule has 0 saturated heterocycles. The van der Waals surface area contributed by atoms with Gasteiger partial charge in [0.15, 0.2) is 0 Å². The van der Waals surface area contributed by atoms with Crippen LogP contribution in [0.4, 0.5) is 0 Å². The van der Waals surface area contributed by atoms with E-state index < -0.39 is 0 Å². The number of hydrogen-bond donors (Lipinski definition) is 1. The molecule has 0 aromatic heterocycles. The van der Waals surface area contributed by atoms with Crippen molar-refractivity contribution in [1.29, 1.82) is 0 Å². The van der Waals surface area contributed by atoms with Crippen molar-refractivity contribution in [3.8, 4) is 11.5 Å². The summed E-state index contributed by atoms with van der Waals surface area (Å²) in [5.41, 5.74) is -0.366. The molecule has 0 aliphatic heterocycles. The van der Waals surface area contributed by atoms with Crippen molar-refractivity contribution >= 4 is 5.91 Å². The molecule has 0 heterocycles. The number of hydrogen-bond acceptors (Lipinski definition) is 3. The van der Waals surface area contributed by atoms with Gasteiger partial charge in [-0.2, -0.15) is 0 Å². The summed E-state index contributed by atoms with van der Waals surface area (Å²) in [5, 5.41) is 2.84. The number of amides is 1. The van der Waals surface area contributed by atoms with Gasteiger partial charge >= 0.3 is 0 Å². The summed E-state index contributed by atoms with van der Waals surface area (Å²) in [6, 6.07) is 7.48. The van der Waals surface area contributed by atoms with Crippen LogP contribution in [0.25, 0.3) is 0 Å². The molecule has 1 N–H and O–H groups in total. The molecule has 0 radical (unpaired) electrons. The molecule has 0 atom stereocenters. The Balaban J connectivity index is 2.33. The van der Waals surface area contributed by atoms with E-state index in [1.807, 2.05) is 52.0 Å². The van der Waals surface area contributed by atoms with E-state index in [0.717, 1.165) is 11.5 Å². The first-order valence-electron chi connectivity index (χ1n) is 6.57. The molecule has 0 unspecified atom stereocenters. The molecular formula is C15H23NO3. The highest BCUT2D eigenvalue weighted by molar-refractivity contribution is 5.81. The van der Waals surface area contributed by atoms with E-state index in [-0.39, 0.29) is 11.3 Å². The zero-order chi connectivity index (χ0) is 14.3. The van der Waals surface area contributed by atoms with E-state index in [4.69, 9.17) is 9.47 Å². The smallest absolute Gasteiger partial charge is 0.225 e. The second-order valence-electron chi connectivity index (χ2n) is 5.26. The highest BCUT2D eigenvalue weighted by Crippen LogP contribution is 2.19. The standard InChI is InChI=1S/C15H23NO3/c1-5-18-12-7-6-8-13(11-12)19-10-9-16-14(17)15(2,3)4/h6-8,11H,5,9-10H2,1-4H3,(H,16,17). The number of rotatable bonds is 6. The Morgan fingerprint density at radius 2 is 1.84 bits per heavy atom. The number of nitrogens with one attached hydrogen (secondary N) is 1. The molecule has 4 heteroatoms. The lowest BCUT2D eigenvalue weighted by Gasteiger charge is -2.17. The Bertz CT molecular complexity index is 410. The van der Waals surface area contributed by atoms with Crippen molar-refractivity contribution in [2.75, 3.05) is 19.8 Å². The van der Waals surface area contributed by atoms with Crippen LogP contribution in [0.15, 0.2) is 24.3 Å². The minimum Gasteiger partial charge on any atom is -0.494 e. The van der Waals surface area contributed by atoms with Gasteiger partial charge in [-0.15, -0.1) is 0 Å². The molecule has 0 spiro atoms. The minimum atomic E-state index is -0.366. The van der Waals surface area contributed by atoms with Crippen molar-refractivity contribution in [1.82, 2.24) is 5.32 Å². The third kappa shape index (κ3) is 5.64. The molecule has 1 rings (SSSR count). The average molecular weight is 265 g/mol. The van der Waals surface area contributed by atoms with Crippen molar-refractivity contribution in [3.63, 3.8) is 0 Å². The molecule has 0 aliphatic rings. The van der Waals surface area contributed by atoms with Crippen LogP contribution in [0.5, 0.6) is 11.5 Å². The van der Waals surface area contributed by atoms with Gasteiger partial charge in [0, 0.05) is 11.5 Å². The fourth-order valence-corrected chi connectivity index (χ4v) is 1.42. The lowest BCUT2D eigenvalue weighted by atomic mass is 9.96. The first kappa shape index (κ1) is 15.3. The molecule has 19 heavy (non-hydrogen) atoms. The van der Waals surface area contributed by atoms with Gasteiger partial charge in [0.05, 0.1) is 13.2 Å². The van der Waals surface area contributed by atoms with Gasteiger partial charge < -0.3 is 14.8 Å². The molecule has 1 aromatic carbocycles. The average Bonchev–Trinajstić information content (AvgIpc) is 2.34. The Hall–Kier alpha value is -1.71.